The second-order valence-electron chi connectivity index (χ2n) is 5.14. The second-order valence-corrected chi connectivity index (χ2v) is 7.74. The van der Waals surface area contributed by atoms with Gasteiger partial charge in [0.25, 0.3) is 0 Å². The fourth-order valence-electron chi connectivity index (χ4n) is 2.73. The van der Waals surface area contributed by atoms with Gasteiger partial charge in [-0.15, -0.1) is 11.8 Å². The van der Waals surface area contributed by atoms with Gasteiger partial charge in [-0.3, -0.25) is 0 Å². The largest absolute Gasteiger partial charge is 0.339 e. The number of aromatic nitrogens is 2. The molecule has 1 N–H and O–H groups in total. The quantitative estimate of drug-likeness (QED) is 0.926. The van der Waals surface area contributed by atoms with E-state index in [0.717, 1.165) is 24.8 Å². The first-order valence-electron chi connectivity index (χ1n) is 7.16. The highest BCUT2D eigenvalue weighted by atomic mass is 32.2. The molecule has 2 saturated heterocycles. The third-order valence-corrected chi connectivity index (χ3v) is 7.05. The van der Waals surface area contributed by atoms with Crippen LogP contribution in [0.2, 0.25) is 0 Å². The van der Waals surface area contributed by atoms with E-state index in [9.17, 15) is 0 Å². The summed E-state index contributed by atoms with van der Waals surface area (Å²) in [6.07, 6.45) is 3.55. The first-order chi connectivity index (χ1) is 9.38. The molecule has 2 aliphatic rings. The van der Waals surface area contributed by atoms with Crippen LogP contribution in [0.15, 0.2) is 4.52 Å². The minimum atomic E-state index is 0.413. The van der Waals surface area contributed by atoms with E-state index in [1.165, 1.54) is 30.8 Å². The summed E-state index contributed by atoms with van der Waals surface area (Å²) in [6.45, 7) is 4.35. The lowest BCUT2D eigenvalue weighted by molar-refractivity contribution is 0.320. The standard InChI is InChI=1S/C13H21N3OS2/c1-2-10-11(19-7-6-18-10)12-15-13(17-16-12)9-4-3-5-14-8-9/h9-11,14H,2-8H2,1H3/t9-,10?,11?/m1/s1. The van der Waals surface area contributed by atoms with Crippen LogP contribution in [0.25, 0.3) is 0 Å². The van der Waals surface area contributed by atoms with Gasteiger partial charge in [0.15, 0.2) is 5.82 Å². The van der Waals surface area contributed by atoms with Crippen LogP contribution in [-0.2, 0) is 0 Å². The van der Waals surface area contributed by atoms with Crippen molar-refractivity contribution in [2.75, 3.05) is 24.6 Å². The van der Waals surface area contributed by atoms with Crippen LogP contribution in [0.4, 0.5) is 0 Å². The van der Waals surface area contributed by atoms with Crippen LogP contribution < -0.4 is 5.32 Å². The lowest BCUT2D eigenvalue weighted by Crippen LogP contribution is -2.28. The SMILES string of the molecule is CCC1SCCSC1c1noc([C@@H]2CCCNC2)n1. The molecule has 3 atom stereocenters. The van der Waals surface area contributed by atoms with E-state index < -0.39 is 0 Å². The Balaban J connectivity index is 1.72. The van der Waals surface area contributed by atoms with E-state index in [1.54, 1.807) is 0 Å². The Hall–Kier alpha value is -0.200. The third kappa shape index (κ3) is 3.11. The third-order valence-electron chi connectivity index (χ3n) is 3.81. The van der Waals surface area contributed by atoms with Crippen molar-refractivity contribution < 1.29 is 4.52 Å². The van der Waals surface area contributed by atoms with Gasteiger partial charge in [-0.25, -0.2) is 0 Å². The summed E-state index contributed by atoms with van der Waals surface area (Å²) in [5.41, 5.74) is 0. The lowest BCUT2D eigenvalue weighted by Gasteiger charge is -2.27. The minimum absolute atomic E-state index is 0.413. The fraction of sp³-hybridized carbons (Fsp3) is 0.846. The molecule has 4 nitrogen and oxygen atoms in total. The maximum Gasteiger partial charge on any atom is 0.231 e. The summed E-state index contributed by atoms with van der Waals surface area (Å²) < 4.78 is 5.53. The number of rotatable bonds is 3. The topological polar surface area (TPSA) is 51.0 Å². The molecule has 1 aromatic heterocycles. The highest BCUT2D eigenvalue weighted by Crippen LogP contribution is 2.43. The first-order valence-corrected chi connectivity index (χ1v) is 9.25. The molecule has 2 fully saturated rings. The number of hydrogen-bond acceptors (Lipinski definition) is 6. The monoisotopic (exact) mass is 299 g/mol. The van der Waals surface area contributed by atoms with Crippen molar-refractivity contribution in [3.8, 4) is 0 Å². The summed E-state index contributed by atoms with van der Waals surface area (Å²) in [4.78, 5) is 4.70. The number of hydrogen-bond donors (Lipinski definition) is 1. The van der Waals surface area contributed by atoms with Gasteiger partial charge in [-0.05, 0) is 25.8 Å². The van der Waals surface area contributed by atoms with Crippen molar-refractivity contribution in [1.29, 1.82) is 0 Å². The molecule has 0 radical (unpaired) electrons. The van der Waals surface area contributed by atoms with Crippen molar-refractivity contribution in [2.24, 2.45) is 0 Å². The average molecular weight is 299 g/mol. The van der Waals surface area contributed by atoms with Crippen LogP contribution in [0.5, 0.6) is 0 Å². The summed E-state index contributed by atoms with van der Waals surface area (Å²) in [6, 6.07) is 0. The summed E-state index contributed by atoms with van der Waals surface area (Å²) >= 11 is 4.04. The van der Waals surface area contributed by atoms with Crippen LogP contribution in [0.3, 0.4) is 0 Å². The summed E-state index contributed by atoms with van der Waals surface area (Å²) in [5, 5.41) is 8.72. The van der Waals surface area contributed by atoms with Crippen LogP contribution in [0.1, 0.15) is 49.1 Å². The predicted molar refractivity (Wildman–Crippen MR) is 80.9 cm³/mol. The van der Waals surface area contributed by atoms with Gasteiger partial charge in [-0.2, -0.15) is 16.7 Å². The highest BCUT2D eigenvalue weighted by molar-refractivity contribution is 8.06. The zero-order chi connectivity index (χ0) is 13.1. The number of piperidine rings is 1. The molecular formula is C13H21N3OS2. The predicted octanol–water partition coefficient (Wildman–Crippen LogP) is 2.84. The molecule has 3 heterocycles. The zero-order valence-corrected chi connectivity index (χ0v) is 12.9. The van der Waals surface area contributed by atoms with E-state index in [0.29, 0.717) is 16.4 Å². The van der Waals surface area contributed by atoms with E-state index in [1.807, 2.05) is 11.8 Å². The molecule has 0 aliphatic carbocycles. The minimum Gasteiger partial charge on any atom is -0.339 e. The van der Waals surface area contributed by atoms with E-state index in [2.05, 4.69) is 29.2 Å². The molecular weight excluding hydrogens is 278 g/mol. The van der Waals surface area contributed by atoms with Gasteiger partial charge in [0.1, 0.15) is 0 Å². The van der Waals surface area contributed by atoms with E-state index in [-0.39, 0.29) is 0 Å². The molecule has 0 amide bonds. The van der Waals surface area contributed by atoms with Gasteiger partial charge < -0.3 is 9.84 Å². The van der Waals surface area contributed by atoms with Gasteiger partial charge in [0, 0.05) is 23.3 Å². The fourth-order valence-corrected chi connectivity index (χ4v) is 5.72. The van der Waals surface area contributed by atoms with Crippen molar-refractivity contribution >= 4 is 23.5 Å². The van der Waals surface area contributed by atoms with Crippen molar-refractivity contribution in [1.82, 2.24) is 15.5 Å². The first kappa shape index (κ1) is 13.8. The second kappa shape index (κ2) is 6.50. The number of thioether (sulfide) groups is 2. The molecule has 1 aromatic rings. The maximum atomic E-state index is 5.53. The van der Waals surface area contributed by atoms with Crippen molar-refractivity contribution in [3.63, 3.8) is 0 Å². The molecule has 0 aromatic carbocycles. The smallest absolute Gasteiger partial charge is 0.231 e. The van der Waals surface area contributed by atoms with Crippen LogP contribution in [-0.4, -0.2) is 40.0 Å². The normalized spacial score (nSPS) is 32.4. The van der Waals surface area contributed by atoms with Crippen molar-refractivity contribution in [3.05, 3.63) is 11.7 Å². The van der Waals surface area contributed by atoms with E-state index >= 15 is 0 Å². The van der Waals surface area contributed by atoms with Gasteiger partial charge in [0.2, 0.25) is 5.89 Å². The Morgan fingerprint density at radius 3 is 3.05 bits per heavy atom. The van der Waals surface area contributed by atoms with Crippen LogP contribution >= 0.6 is 23.5 Å². The van der Waals surface area contributed by atoms with Crippen molar-refractivity contribution in [2.45, 2.75) is 42.6 Å². The van der Waals surface area contributed by atoms with Gasteiger partial charge in [0.05, 0.1) is 11.2 Å². The van der Waals surface area contributed by atoms with Gasteiger partial charge in [-0.1, -0.05) is 12.1 Å². The Kier molecular flexibility index (Phi) is 4.71. The molecule has 0 spiro atoms. The molecule has 2 aliphatic heterocycles. The van der Waals surface area contributed by atoms with E-state index in [4.69, 9.17) is 9.51 Å². The Labute approximate surface area is 122 Å². The molecule has 2 unspecified atom stereocenters. The molecule has 106 valence electrons. The molecule has 6 heteroatoms. The molecule has 3 rings (SSSR count). The number of nitrogens with zero attached hydrogens (tertiary/aromatic N) is 2. The Morgan fingerprint density at radius 1 is 1.37 bits per heavy atom. The average Bonchev–Trinajstić information content (AvgIpc) is 2.98. The van der Waals surface area contributed by atoms with Gasteiger partial charge >= 0.3 is 0 Å². The molecule has 0 saturated carbocycles. The maximum absolute atomic E-state index is 5.53. The Bertz CT molecular complexity index is 406. The zero-order valence-electron chi connectivity index (χ0n) is 11.3. The summed E-state index contributed by atoms with van der Waals surface area (Å²) in [5.74, 6) is 4.62. The van der Waals surface area contributed by atoms with Crippen LogP contribution in [0, 0.1) is 0 Å². The number of nitrogens with one attached hydrogen (secondary N) is 1. The Morgan fingerprint density at radius 2 is 2.26 bits per heavy atom. The summed E-state index contributed by atoms with van der Waals surface area (Å²) in [7, 11) is 0. The molecule has 0 bridgehead atoms. The molecule has 19 heavy (non-hydrogen) atoms. The highest BCUT2D eigenvalue weighted by Gasteiger charge is 2.31. The lowest BCUT2D eigenvalue weighted by atomic mass is 10.00.